The first-order valence-corrected chi connectivity index (χ1v) is 3.01. The van der Waals surface area contributed by atoms with Crippen LogP contribution < -0.4 is 0 Å². The van der Waals surface area contributed by atoms with Gasteiger partial charge in [-0.2, -0.15) is 0 Å². The minimum Gasteiger partial charge on any atom is -0.462 e. The van der Waals surface area contributed by atoms with Crippen molar-refractivity contribution >= 4 is 23.0 Å². The third-order valence-corrected chi connectivity index (χ3v) is 0.786. The maximum Gasteiger partial charge on any atom is 0.333 e. The number of carbonyl (C=O) groups excluding carboxylic acids is 1. The fourth-order valence-electron chi connectivity index (χ4n) is 0.318. The summed E-state index contributed by atoms with van der Waals surface area (Å²) >= 11 is 0. The molecule has 0 aromatic carbocycles. The van der Waals surface area contributed by atoms with Gasteiger partial charge in [0, 0.05) is 5.57 Å². The SMILES string of the molecule is Br.C=C(C)C(=O)OCCC. The fraction of sp³-hybridized carbons (Fsp3) is 0.571. The lowest BCUT2D eigenvalue weighted by molar-refractivity contribution is -0.138. The van der Waals surface area contributed by atoms with Gasteiger partial charge in [0.15, 0.2) is 0 Å². The predicted molar refractivity (Wildman–Crippen MR) is 46.4 cm³/mol. The van der Waals surface area contributed by atoms with E-state index in [1.807, 2.05) is 6.92 Å². The highest BCUT2D eigenvalue weighted by molar-refractivity contribution is 8.93. The fourth-order valence-corrected chi connectivity index (χ4v) is 0.318. The Balaban J connectivity index is 0. The van der Waals surface area contributed by atoms with Gasteiger partial charge >= 0.3 is 5.97 Å². The standard InChI is InChI=1S/C7H12O2.BrH/c1-4-5-9-7(8)6(2)3;/h2,4-5H2,1,3H3;1H. The first-order chi connectivity index (χ1) is 4.18. The van der Waals surface area contributed by atoms with E-state index in [2.05, 4.69) is 6.58 Å². The Morgan fingerprint density at radius 3 is 2.40 bits per heavy atom. The summed E-state index contributed by atoms with van der Waals surface area (Å²) in [6.45, 7) is 7.51. The average Bonchev–Trinajstić information content (AvgIpc) is 1.82. The molecular weight excluding hydrogens is 196 g/mol. The molecule has 0 aromatic heterocycles. The summed E-state index contributed by atoms with van der Waals surface area (Å²) in [5.41, 5.74) is 0.462. The van der Waals surface area contributed by atoms with E-state index in [1.165, 1.54) is 0 Å². The van der Waals surface area contributed by atoms with Crippen LogP contribution in [0, 0.1) is 0 Å². The second-order valence-electron chi connectivity index (χ2n) is 1.92. The minimum absolute atomic E-state index is 0. The molecule has 0 unspecified atom stereocenters. The Kier molecular flexibility index (Phi) is 8.42. The average molecular weight is 209 g/mol. The zero-order chi connectivity index (χ0) is 7.28. The van der Waals surface area contributed by atoms with E-state index < -0.39 is 0 Å². The number of halogens is 1. The summed E-state index contributed by atoms with van der Waals surface area (Å²) in [7, 11) is 0. The maximum atomic E-state index is 10.6. The molecule has 0 radical (unpaired) electrons. The van der Waals surface area contributed by atoms with Crippen molar-refractivity contribution in [3.63, 3.8) is 0 Å². The number of hydrogen-bond donors (Lipinski definition) is 0. The quantitative estimate of drug-likeness (QED) is 0.525. The van der Waals surface area contributed by atoms with Crippen molar-refractivity contribution in [3.05, 3.63) is 12.2 Å². The summed E-state index contributed by atoms with van der Waals surface area (Å²) in [6, 6.07) is 0. The van der Waals surface area contributed by atoms with Crippen LogP contribution in [0.3, 0.4) is 0 Å². The zero-order valence-electron chi connectivity index (χ0n) is 6.35. The molecule has 2 nitrogen and oxygen atoms in total. The van der Waals surface area contributed by atoms with Gasteiger partial charge in [0.1, 0.15) is 0 Å². The molecule has 0 aliphatic carbocycles. The van der Waals surface area contributed by atoms with Crippen molar-refractivity contribution in [3.8, 4) is 0 Å². The lowest BCUT2D eigenvalue weighted by atomic mass is 10.4. The highest BCUT2D eigenvalue weighted by Gasteiger charge is 1.99. The van der Waals surface area contributed by atoms with Gasteiger partial charge in [0.2, 0.25) is 0 Å². The lowest BCUT2D eigenvalue weighted by Crippen LogP contribution is -2.04. The van der Waals surface area contributed by atoms with E-state index in [-0.39, 0.29) is 23.0 Å². The second kappa shape index (κ2) is 6.81. The number of rotatable bonds is 3. The summed E-state index contributed by atoms with van der Waals surface area (Å²) in [5, 5.41) is 0. The highest BCUT2D eigenvalue weighted by atomic mass is 79.9. The van der Waals surface area contributed by atoms with Crippen molar-refractivity contribution in [1.29, 1.82) is 0 Å². The predicted octanol–water partition coefficient (Wildman–Crippen LogP) is 2.09. The van der Waals surface area contributed by atoms with Gasteiger partial charge in [-0.1, -0.05) is 13.5 Å². The van der Waals surface area contributed by atoms with Crippen LogP contribution in [0.2, 0.25) is 0 Å². The molecule has 0 N–H and O–H groups in total. The maximum absolute atomic E-state index is 10.6. The molecule has 10 heavy (non-hydrogen) atoms. The van der Waals surface area contributed by atoms with E-state index >= 15 is 0 Å². The molecule has 0 bridgehead atoms. The Labute approximate surface area is 72.0 Å². The van der Waals surface area contributed by atoms with Crippen LogP contribution in [-0.2, 0) is 9.53 Å². The zero-order valence-corrected chi connectivity index (χ0v) is 8.06. The number of hydrogen-bond acceptors (Lipinski definition) is 2. The molecule has 3 heteroatoms. The molecule has 0 saturated heterocycles. The smallest absolute Gasteiger partial charge is 0.333 e. The van der Waals surface area contributed by atoms with Gasteiger partial charge in [-0.05, 0) is 13.3 Å². The van der Waals surface area contributed by atoms with E-state index in [9.17, 15) is 4.79 Å². The Morgan fingerprint density at radius 1 is 1.60 bits per heavy atom. The first kappa shape index (κ1) is 12.4. The normalized spacial score (nSPS) is 7.80. The van der Waals surface area contributed by atoms with Crippen LogP contribution in [0.4, 0.5) is 0 Å². The highest BCUT2D eigenvalue weighted by Crippen LogP contribution is 1.91. The van der Waals surface area contributed by atoms with Crippen molar-refractivity contribution in [2.24, 2.45) is 0 Å². The monoisotopic (exact) mass is 208 g/mol. The molecule has 0 aliphatic rings. The van der Waals surface area contributed by atoms with Crippen LogP contribution in [0.5, 0.6) is 0 Å². The van der Waals surface area contributed by atoms with Crippen LogP contribution in [-0.4, -0.2) is 12.6 Å². The third kappa shape index (κ3) is 5.82. The Morgan fingerprint density at radius 2 is 2.10 bits per heavy atom. The molecule has 0 fully saturated rings. The van der Waals surface area contributed by atoms with E-state index in [0.717, 1.165) is 6.42 Å². The van der Waals surface area contributed by atoms with Gasteiger partial charge in [-0.25, -0.2) is 4.79 Å². The summed E-state index contributed by atoms with van der Waals surface area (Å²) in [4.78, 5) is 10.6. The Hall–Kier alpha value is -0.310. The molecule has 0 aromatic rings. The van der Waals surface area contributed by atoms with Crippen molar-refractivity contribution in [2.75, 3.05) is 6.61 Å². The molecule has 0 amide bonds. The van der Waals surface area contributed by atoms with Gasteiger partial charge in [0.05, 0.1) is 6.61 Å². The van der Waals surface area contributed by atoms with E-state index in [1.54, 1.807) is 6.92 Å². The number of carbonyl (C=O) groups is 1. The van der Waals surface area contributed by atoms with Crippen LogP contribution in [0.1, 0.15) is 20.3 Å². The van der Waals surface area contributed by atoms with E-state index in [4.69, 9.17) is 4.74 Å². The van der Waals surface area contributed by atoms with Crippen LogP contribution >= 0.6 is 17.0 Å². The summed E-state index contributed by atoms with van der Waals surface area (Å²) in [5.74, 6) is -0.295. The summed E-state index contributed by atoms with van der Waals surface area (Å²) in [6.07, 6.45) is 0.860. The molecule has 0 spiro atoms. The van der Waals surface area contributed by atoms with E-state index in [0.29, 0.717) is 12.2 Å². The van der Waals surface area contributed by atoms with Gasteiger partial charge in [-0.3, -0.25) is 0 Å². The van der Waals surface area contributed by atoms with Crippen LogP contribution in [0.15, 0.2) is 12.2 Å². The van der Waals surface area contributed by atoms with Crippen molar-refractivity contribution in [1.82, 2.24) is 0 Å². The lowest BCUT2D eigenvalue weighted by Gasteiger charge is -1.99. The second-order valence-corrected chi connectivity index (χ2v) is 1.92. The molecular formula is C7H13BrO2. The minimum atomic E-state index is -0.295. The molecule has 0 heterocycles. The first-order valence-electron chi connectivity index (χ1n) is 3.01. The third-order valence-electron chi connectivity index (χ3n) is 0.786. The van der Waals surface area contributed by atoms with Crippen LogP contribution in [0.25, 0.3) is 0 Å². The van der Waals surface area contributed by atoms with Gasteiger partial charge < -0.3 is 4.74 Å². The molecule has 0 atom stereocenters. The molecule has 0 aliphatic heterocycles. The molecule has 60 valence electrons. The largest absolute Gasteiger partial charge is 0.462 e. The van der Waals surface area contributed by atoms with Crippen molar-refractivity contribution in [2.45, 2.75) is 20.3 Å². The molecule has 0 saturated carbocycles. The number of ether oxygens (including phenoxy) is 1. The van der Waals surface area contributed by atoms with Gasteiger partial charge in [0.25, 0.3) is 0 Å². The van der Waals surface area contributed by atoms with Crippen molar-refractivity contribution < 1.29 is 9.53 Å². The topological polar surface area (TPSA) is 26.3 Å². The summed E-state index contributed by atoms with van der Waals surface area (Å²) < 4.78 is 4.71. The molecule has 0 rings (SSSR count). The van der Waals surface area contributed by atoms with Gasteiger partial charge in [-0.15, -0.1) is 17.0 Å². The number of esters is 1. The Bertz CT molecular complexity index is 121.